The van der Waals surface area contributed by atoms with Gasteiger partial charge in [0.05, 0.1) is 18.3 Å². The van der Waals surface area contributed by atoms with Gasteiger partial charge in [0, 0.05) is 41.6 Å². The van der Waals surface area contributed by atoms with E-state index in [1.807, 2.05) is 4.72 Å². The first-order valence-corrected chi connectivity index (χ1v) is 7.77. The number of nitrogens with zero attached hydrogens (tertiary/aromatic N) is 3. The van der Waals surface area contributed by atoms with Crippen LogP contribution in [0, 0.1) is 11.6 Å². The SMILES string of the molecule is COc1ccc2c(c1)nnn2-c1cc(F)c(CNS(=O)[O-])c(F)c1. The quantitative estimate of drug-likeness (QED) is 0.703. The number of hydrogen-bond acceptors (Lipinski definition) is 5. The van der Waals surface area contributed by atoms with E-state index >= 15 is 0 Å². The lowest BCUT2D eigenvalue weighted by Gasteiger charge is -2.11. The minimum atomic E-state index is -2.61. The summed E-state index contributed by atoms with van der Waals surface area (Å²) in [5, 5.41) is 7.83. The van der Waals surface area contributed by atoms with Crippen molar-refractivity contribution in [2.45, 2.75) is 6.54 Å². The first kappa shape index (κ1) is 16.4. The van der Waals surface area contributed by atoms with Crippen LogP contribution in [0.25, 0.3) is 16.7 Å². The normalized spacial score (nSPS) is 12.5. The fourth-order valence-corrected chi connectivity index (χ4v) is 2.50. The van der Waals surface area contributed by atoms with Crippen LogP contribution < -0.4 is 9.46 Å². The molecule has 24 heavy (non-hydrogen) atoms. The van der Waals surface area contributed by atoms with Crippen molar-refractivity contribution >= 4 is 22.3 Å². The summed E-state index contributed by atoms with van der Waals surface area (Å²) in [6.45, 7) is -0.483. The van der Waals surface area contributed by atoms with Gasteiger partial charge in [0.1, 0.15) is 22.9 Å². The molecule has 0 saturated heterocycles. The molecule has 0 aliphatic carbocycles. The number of fused-ring (bicyclic) bond motifs is 1. The third-order valence-electron chi connectivity index (χ3n) is 3.39. The summed E-state index contributed by atoms with van der Waals surface area (Å²) >= 11 is -2.61. The van der Waals surface area contributed by atoms with Crippen LogP contribution in [0.1, 0.15) is 5.56 Å². The molecule has 7 nitrogen and oxygen atoms in total. The monoisotopic (exact) mass is 353 g/mol. The summed E-state index contributed by atoms with van der Waals surface area (Å²) in [5.74, 6) is -1.20. The highest BCUT2D eigenvalue weighted by Crippen LogP contribution is 2.23. The molecule has 10 heteroatoms. The summed E-state index contributed by atoms with van der Waals surface area (Å²) in [7, 11) is 1.51. The molecule has 0 spiro atoms. The molecule has 3 rings (SSSR count). The molecule has 0 saturated carbocycles. The predicted octanol–water partition coefficient (Wildman–Crippen LogP) is 1.59. The van der Waals surface area contributed by atoms with Crippen LogP contribution in [0.3, 0.4) is 0 Å². The second kappa shape index (κ2) is 6.59. The molecule has 1 aromatic heterocycles. The summed E-state index contributed by atoms with van der Waals surface area (Å²) in [5.41, 5.74) is 0.794. The van der Waals surface area contributed by atoms with E-state index < -0.39 is 29.4 Å². The van der Waals surface area contributed by atoms with Crippen molar-refractivity contribution in [3.8, 4) is 11.4 Å². The zero-order valence-corrected chi connectivity index (χ0v) is 13.1. The largest absolute Gasteiger partial charge is 0.760 e. The lowest BCUT2D eigenvalue weighted by molar-refractivity contribution is 0.415. The van der Waals surface area contributed by atoms with Gasteiger partial charge in [0.2, 0.25) is 0 Å². The number of nitrogens with one attached hydrogen (secondary N) is 1. The molecule has 0 radical (unpaired) electrons. The highest BCUT2D eigenvalue weighted by molar-refractivity contribution is 7.77. The second-order valence-electron chi connectivity index (χ2n) is 4.80. The Hall–Kier alpha value is -2.43. The van der Waals surface area contributed by atoms with Crippen LogP contribution in [0.5, 0.6) is 5.75 Å². The van der Waals surface area contributed by atoms with Crippen LogP contribution in [0.4, 0.5) is 8.78 Å². The first-order chi connectivity index (χ1) is 11.5. The fourth-order valence-electron chi connectivity index (χ4n) is 2.23. The van der Waals surface area contributed by atoms with Crippen LogP contribution in [-0.2, 0) is 17.8 Å². The molecule has 126 valence electrons. The number of hydrogen-bond donors (Lipinski definition) is 1. The van der Waals surface area contributed by atoms with Crippen molar-refractivity contribution in [3.05, 3.63) is 47.5 Å². The average molecular weight is 353 g/mol. The molecular weight excluding hydrogens is 342 g/mol. The van der Waals surface area contributed by atoms with Crippen molar-refractivity contribution in [1.29, 1.82) is 0 Å². The molecule has 1 atom stereocenters. The fraction of sp³-hybridized carbons (Fsp3) is 0.143. The van der Waals surface area contributed by atoms with E-state index in [0.717, 1.165) is 12.1 Å². The predicted molar refractivity (Wildman–Crippen MR) is 81.1 cm³/mol. The van der Waals surface area contributed by atoms with E-state index in [2.05, 4.69) is 10.3 Å². The highest BCUT2D eigenvalue weighted by Gasteiger charge is 2.15. The summed E-state index contributed by atoms with van der Waals surface area (Å²) < 4.78 is 57.4. The van der Waals surface area contributed by atoms with Crippen molar-refractivity contribution in [3.63, 3.8) is 0 Å². The molecule has 0 bridgehead atoms. The number of halogens is 2. The first-order valence-electron chi connectivity index (χ1n) is 6.70. The Morgan fingerprint density at radius 1 is 1.29 bits per heavy atom. The molecule has 2 aromatic carbocycles. The van der Waals surface area contributed by atoms with Gasteiger partial charge in [-0.25, -0.2) is 18.2 Å². The maximum Gasteiger partial charge on any atom is 0.132 e. The molecule has 0 amide bonds. The number of ether oxygens (including phenoxy) is 1. The van der Waals surface area contributed by atoms with Crippen LogP contribution >= 0.6 is 0 Å². The van der Waals surface area contributed by atoms with Crippen LogP contribution in [-0.4, -0.2) is 30.9 Å². The van der Waals surface area contributed by atoms with Gasteiger partial charge in [0.15, 0.2) is 0 Å². The van der Waals surface area contributed by atoms with E-state index in [1.54, 1.807) is 18.2 Å². The molecule has 1 heterocycles. The Labute approximate surface area is 137 Å². The Bertz CT molecular complexity index is 909. The van der Waals surface area contributed by atoms with E-state index in [-0.39, 0.29) is 11.3 Å². The lowest BCUT2D eigenvalue weighted by atomic mass is 10.1. The van der Waals surface area contributed by atoms with Gasteiger partial charge in [-0.2, -0.15) is 0 Å². The van der Waals surface area contributed by atoms with E-state index in [9.17, 15) is 17.5 Å². The zero-order chi connectivity index (χ0) is 17.3. The Balaban J connectivity index is 2.02. The van der Waals surface area contributed by atoms with Crippen LogP contribution in [0.15, 0.2) is 30.3 Å². The average Bonchev–Trinajstić information content (AvgIpc) is 2.96. The Morgan fingerprint density at radius 2 is 2.00 bits per heavy atom. The topological polar surface area (TPSA) is 92.1 Å². The molecular formula is C14H11F2N4O3S-. The molecule has 1 N–H and O–H groups in total. The summed E-state index contributed by atoms with van der Waals surface area (Å²) in [6.07, 6.45) is 0. The number of aromatic nitrogens is 3. The van der Waals surface area contributed by atoms with Crippen LogP contribution in [0.2, 0.25) is 0 Å². The Kier molecular flexibility index (Phi) is 4.51. The molecule has 1 unspecified atom stereocenters. The van der Waals surface area contributed by atoms with Gasteiger partial charge < -0.3 is 9.29 Å². The third kappa shape index (κ3) is 3.11. The standard InChI is InChI=1S/C14H12F2N4O3S/c1-23-9-2-3-14-13(6-9)18-19-20(14)8-4-11(15)10(12(16)5-8)7-17-24(21)22/h2-6,17H,7H2,1H3,(H,21,22)/p-1. The van der Waals surface area contributed by atoms with Gasteiger partial charge in [-0.3, -0.25) is 4.21 Å². The third-order valence-corrected chi connectivity index (χ3v) is 3.77. The number of methoxy groups -OCH3 is 1. The molecule has 0 aliphatic rings. The highest BCUT2D eigenvalue weighted by atomic mass is 32.2. The lowest BCUT2D eigenvalue weighted by Crippen LogP contribution is -2.18. The number of benzene rings is 2. The van der Waals surface area contributed by atoms with Gasteiger partial charge in [-0.1, -0.05) is 5.21 Å². The van der Waals surface area contributed by atoms with Crippen molar-refractivity contribution in [2.75, 3.05) is 7.11 Å². The minimum absolute atomic E-state index is 0.129. The molecule has 0 aliphatic heterocycles. The van der Waals surface area contributed by atoms with Gasteiger partial charge in [-0.15, -0.1) is 5.10 Å². The number of rotatable bonds is 5. The molecule has 3 aromatic rings. The van der Waals surface area contributed by atoms with Crippen molar-refractivity contribution < 1.29 is 22.3 Å². The van der Waals surface area contributed by atoms with E-state index in [0.29, 0.717) is 16.8 Å². The minimum Gasteiger partial charge on any atom is -0.760 e. The summed E-state index contributed by atoms with van der Waals surface area (Å²) in [6, 6.07) is 7.11. The zero-order valence-electron chi connectivity index (χ0n) is 12.3. The van der Waals surface area contributed by atoms with Crippen molar-refractivity contribution in [2.24, 2.45) is 0 Å². The maximum absolute atomic E-state index is 14.1. The smallest absolute Gasteiger partial charge is 0.132 e. The van der Waals surface area contributed by atoms with Gasteiger partial charge >= 0.3 is 0 Å². The van der Waals surface area contributed by atoms with E-state index in [1.165, 1.54) is 11.8 Å². The van der Waals surface area contributed by atoms with E-state index in [4.69, 9.17) is 4.74 Å². The molecule has 0 fully saturated rings. The van der Waals surface area contributed by atoms with Gasteiger partial charge in [0.25, 0.3) is 0 Å². The second-order valence-corrected chi connectivity index (χ2v) is 5.56. The van der Waals surface area contributed by atoms with Gasteiger partial charge in [-0.05, 0) is 12.1 Å². The maximum atomic E-state index is 14.1. The Morgan fingerprint density at radius 3 is 2.62 bits per heavy atom. The summed E-state index contributed by atoms with van der Waals surface area (Å²) in [4.78, 5) is 0. The van der Waals surface area contributed by atoms with Crippen molar-refractivity contribution in [1.82, 2.24) is 19.7 Å².